The van der Waals surface area contributed by atoms with Crippen LogP contribution in [-0.4, -0.2) is 34.8 Å². The monoisotopic (exact) mass is 411 g/mol. The molecule has 4 rings (SSSR count). The van der Waals surface area contributed by atoms with E-state index in [2.05, 4.69) is 19.9 Å². The maximum atomic E-state index is 13.5. The summed E-state index contributed by atoms with van der Waals surface area (Å²) in [5.74, 6) is 2.18. The van der Waals surface area contributed by atoms with E-state index in [1.807, 2.05) is 24.8 Å². The Kier molecular flexibility index (Phi) is 5.71. The van der Waals surface area contributed by atoms with Gasteiger partial charge in [-0.2, -0.15) is 0 Å². The van der Waals surface area contributed by atoms with Gasteiger partial charge in [-0.15, -0.1) is 0 Å². The zero-order valence-electron chi connectivity index (χ0n) is 19.0. The summed E-state index contributed by atoms with van der Waals surface area (Å²) in [6, 6.07) is 4.23. The number of aromatic hydroxyl groups is 1. The van der Waals surface area contributed by atoms with Crippen molar-refractivity contribution in [2.45, 2.75) is 78.6 Å². The van der Waals surface area contributed by atoms with E-state index < -0.39 is 0 Å². The van der Waals surface area contributed by atoms with E-state index in [1.54, 1.807) is 0 Å². The fourth-order valence-electron chi connectivity index (χ4n) is 6.97. The zero-order chi connectivity index (χ0) is 21.6. The molecule has 5 atom stereocenters. The second-order valence-electron chi connectivity index (χ2n) is 9.97. The summed E-state index contributed by atoms with van der Waals surface area (Å²) in [7, 11) is 0. The molecule has 4 nitrogen and oxygen atoms in total. The van der Waals surface area contributed by atoms with Crippen molar-refractivity contribution in [3.8, 4) is 5.75 Å². The van der Waals surface area contributed by atoms with Gasteiger partial charge in [0.15, 0.2) is 0 Å². The molecule has 2 saturated carbocycles. The minimum Gasteiger partial charge on any atom is -0.508 e. The molecule has 0 spiro atoms. The van der Waals surface area contributed by atoms with Gasteiger partial charge in [-0.25, -0.2) is 0 Å². The number of amides is 1. The Hall–Kier alpha value is -1.84. The maximum Gasteiger partial charge on any atom is 0.223 e. The Bertz CT molecular complexity index is 843. The van der Waals surface area contributed by atoms with Crippen LogP contribution in [0.15, 0.2) is 12.1 Å². The standard InChI is InChI=1S/C26H37NO3/c1-5-16-12-21-17(14-23(16)28)8-9-20-19(21)10-11-26(4)22(20)13-18(25(26)30)15-24(29)27(6-2)7-3/h12,14,18-20,22,28H,5-11,13,15H2,1-4H3/t18-,19+,20-,22+,26+/m1/s1. The Morgan fingerprint density at radius 2 is 1.93 bits per heavy atom. The quantitative estimate of drug-likeness (QED) is 0.752. The third-order valence-corrected chi connectivity index (χ3v) is 8.70. The van der Waals surface area contributed by atoms with E-state index in [0.717, 1.165) is 44.1 Å². The molecular formula is C26H37NO3. The number of fused-ring (bicyclic) bond motifs is 5. The summed E-state index contributed by atoms with van der Waals surface area (Å²) >= 11 is 0. The Morgan fingerprint density at radius 3 is 2.60 bits per heavy atom. The maximum absolute atomic E-state index is 13.5. The predicted molar refractivity (Wildman–Crippen MR) is 119 cm³/mol. The van der Waals surface area contributed by atoms with Gasteiger partial charge in [0.25, 0.3) is 0 Å². The molecule has 3 aliphatic carbocycles. The minimum atomic E-state index is -0.266. The molecule has 1 aromatic rings. The van der Waals surface area contributed by atoms with Crippen LogP contribution < -0.4 is 0 Å². The largest absolute Gasteiger partial charge is 0.508 e. The van der Waals surface area contributed by atoms with E-state index in [9.17, 15) is 14.7 Å². The van der Waals surface area contributed by atoms with Crippen LogP contribution in [0.3, 0.4) is 0 Å². The van der Waals surface area contributed by atoms with Crippen molar-refractivity contribution in [1.82, 2.24) is 4.90 Å². The molecule has 0 saturated heterocycles. The van der Waals surface area contributed by atoms with Crippen LogP contribution in [0.1, 0.15) is 82.4 Å². The summed E-state index contributed by atoms with van der Waals surface area (Å²) in [6.45, 7) is 9.71. The Balaban J connectivity index is 1.59. The van der Waals surface area contributed by atoms with Crippen LogP contribution in [0.2, 0.25) is 0 Å². The van der Waals surface area contributed by atoms with E-state index in [4.69, 9.17) is 0 Å². The highest BCUT2D eigenvalue weighted by Gasteiger charge is 2.58. The van der Waals surface area contributed by atoms with Crippen LogP contribution in [0.4, 0.5) is 0 Å². The Labute approximate surface area is 181 Å². The number of benzene rings is 1. The first-order valence-corrected chi connectivity index (χ1v) is 12.0. The molecule has 30 heavy (non-hydrogen) atoms. The molecule has 3 aliphatic rings. The SMILES string of the molecule is CCc1cc2c(cc1O)CC[C@@H]1[C@@H]2CC[C@]2(C)C(=O)[C@@H](CC(=O)N(CC)CC)C[C@@H]12. The number of hydrogen-bond acceptors (Lipinski definition) is 3. The number of phenolic OH excluding ortho intramolecular Hbond substituents is 1. The molecule has 1 amide bonds. The number of carbonyl (C=O) groups excluding carboxylic acids is 2. The number of aryl methyl sites for hydroxylation is 2. The summed E-state index contributed by atoms with van der Waals surface area (Å²) in [4.78, 5) is 28.0. The van der Waals surface area contributed by atoms with Crippen molar-refractivity contribution in [1.29, 1.82) is 0 Å². The van der Waals surface area contributed by atoms with Gasteiger partial charge in [0.1, 0.15) is 11.5 Å². The van der Waals surface area contributed by atoms with Gasteiger partial charge in [-0.3, -0.25) is 9.59 Å². The second kappa shape index (κ2) is 8.01. The van der Waals surface area contributed by atoms with Crippen LogP contribution >= 0.6 is 0 Å². The Morgan fingerprint density at radius 1 is 1.20 bits per heavy atom. The van der Waals surface area contributed by atoms with Gasteiger partial charge in [0, 0.05) is 30.8 Å². The fourth-order valence-corrected chi connectivity index (χ4v) is 6.97. The average Bonchev–Trinajstić information content (AvgIpc) is 2.98. The smallest absolute Gasteiger partial charge is 0.223 e. The van der Waals surface area contributed by atoms with Gasteiger partial charge in [-0.1, -0.05) is 19.9 Å². The van der Waals surface area contributed by atoms with Gasteiger partial charge in [-0.05, 0) is 92.9 Å². The van der Waals surface area contributed by atoms with E-state index in [1.165, 1.54) is 11.1 Å². The molecule has 1 aromatic carbocycles. The molecular weight excluding hydrogens is 374 g/mol. The summed E-state index contributed by atoms with van der Waals surface area (Å²) in [5.41, 5.74) is 3.48. The molecule has 0 radical (unpaired) electrons. The zero-order valence-corrected chi connectivity index (χ0v) is 19.0. The van der Waals surface area contributed by atoms with Crippen LogP contribution in [0.25, 0.3) is 0 Å². The summed E-state index contributed by atoms with van der Waals surface area (Å²) < 4.78 is 0. The lowest BCUT2D eigenvalue weighted by molar-refractivity contribution is -0.137. The first-order chi connectivity index (χ1) is 14.3. The number of rotatable bonds is 5. The number of ketones is 1. The number of Topliss-reactive ketones (excluding diaryl/α,β-unsaturated/α-hetero) is 1. The highest BCUT2D eigenvalue weighted by molar-refractivity contribution is 5.93. The summed E-state index contributed by atoms with van der Waals surface area (Å²) in [6.07, 6.45) is 6.14. The van der Waals surface area contributed by atoms with Crippen LogP contribution in [0.5, 0.6) is 5.75 Å². The lowest BCUT2D eigenvalue weighted by Gasteiger charge is -2.48. The minimum absolute atomic E-state index is 0.112. The number of carbonyl (C=O) groups is 2. The third-order valence-electron chi connectivity index (χ3n) is 8.70. The average molecular weight is 412 g/mol. The highest BCUT2D eigenvalue weighted by Crippen LogP contribution is 2.61. The molecule has 164 valence electrons. The van der Waals surface area contributed by atoms with Gasteiger partial charge >= 0.3 is 0 Å². The molecule has 0 aliphatic heterocycles. The van der Waals surface area contributed by atoms with Gasteiger partial charge in [0.05, 0.1) is 0 Å². The predicted octanol–water partition coefficient (Wildman–Crippen LogP) is 4.86. The normalized spacial score (nSPS) is 32.3. The first kappa shape index (κ1) is 21.4. The van der Waals surface area contributed by atoms with Crippen LogP contribution in [-0.2, 0) is 22.4 Å². The molecule has 2 fully saturated rings. The molecule has 0 bridgehead atoms. The number of nitrogens with zero attached hydrogens (tertiary/aromatic N) is 1. The van der Waals surface area contributed by atoms with Crippen molar-refractivity contribution in [2.24, 2.45) is 23.2 Å². The molecule has 0 heterocycles. The molecule has 4 heteroatoms. The van der Waals surface area contributed by atoms with E-state index in [0.29, 0.717) is 48.8 Å². The fraction of sp³-hybridized carbons (Fsp3) is 0.692. The van der Waals surface area contributed by atoms with Gasteiger partial charge < -0.3 is 10.0 Å². The van der Waals surface area contributed by atoms with E-state index in [-0.39, 0.29) is 17.2 Å². The van der Waals surface area contributed by atoms with Crippen molar-refractivity contribution in [3.05, 3.63) is 28.8 Å². The lowest BCUT2D eigenvalue weighted by atomic mass is 9.55. The second-order valence-corrected chi connectivity index (χ2v) is 9.97. The first-order valence-electron chi connectivity index (χ1n) is 12.0. The van der Waals surface area contributed by atoms with Crippen molar-refractivity contribution < 1.29 is 14.7 Å². The van der Waals surface area contributed by atoms with Crippen molar-refractivity contribution >= 4 is 11.7 Å². The van der Waals surface area contributed by atoms with E-state index >= 15 is 0 Å². The third kappa shape index (κ3) is 3.27. The topological polar surface area (TPSA) is 57.6 Å². The van der Waals surface area contributed by atoms with Crippen LogP contribution in [0, 0.1) is 23.2 Å². The molecule has 1 N–H and O–H groups in total. The number of phenols is 1. The summed E-state index contributed by atoms with van der Waals surface area (Å²) in [5, 5.41) is 10.3. The van der Waals surface area contributed by atoms with Crippen molar-refractivity contribution in [2.75, 3.05) is 13.1 Å². The lowest BCUT2D eigenvalue weighted by Crippen LogP contribution is -2.42. The molecule has 0 unspecified atom stereocenters. The van der Waals surface area contributed by atoms with Gasteiger partial charge in [0.2, 0.25) is 5.91 Å². The number of hydrogen-bond donors (Lipinski definition) is 1. The highest BCUT2D eigenvalue weighted by atomic mass is 16.3. The van der Waals surface area contributed by atoms with Crippen molar-refractivity contribution in [3.63, 3.8) is 0 Å². The molecule has 0 aromatic heterocycles.